The van der Waals surface area contributed by atoms with Crippen molar-refractivity contribution in [1.29, 1.82) is 0 Å². The van der Waals surface area contributed by atoms with E-state index in [0.29, 0.717) is 12.3 Å². The zero-order chi connectivity index (χ0) is 25.7. The lowest BCUT2D eigenvalue weighted by atomic mass is 9.81. The zero-order valence-corrected chi connectivity index (χ0v) is 26.5. The zero-order valence-electron chi connectivity index (χ0n) is 22.9. The van der Waals surface area contributed by atoms with Crippen LogP contribution in [0.4, 0.5) is 0 Å². The van der Waals surface area contributed by atoms with E-state index in [1.54, 1.807) is 11.3 Å². The first-order valence-electron chi connectivity index (χ1n) is 12.6. The lowest BCUT2D eigenvalue weighted by Gasteiger charge is -2.36. The molecular weight excluding hydrogens is 479 g/mol. The predicted octanol–water partition coefficient (Wildman–Crippen LogP) is 5.97. The van der Waals surface area contributed by atoms with Crippen LogP contribution in [0.2, 0.25) is 13.1 Å². The number of esters is 1. The molecule has 0 fully saturated rings. The molecule has 0 bridgehead atoms. The van der Waals surface area contributed by atoms with E-state index in [-0.39, 0.29) is 23.8 Å². The van der Waals surface area contributed by atoms with Gasteiger partial charge in [-0.3, -0.25) is 4.79 Å². The quantitative estimate of drug-likeness (QED) is 0.115. The number of rotatable bonds is 16. The van der Waals surface area contributed by atoms with Gasteiger partial charge in [-0.2, -0.15) is 0 Å². The topological polar surface area (TPSA) is 57.7 Å². The second-order valence-corrected chi connectivity index (χ2v) is 12.9. The molecule has 0 saturated carbocycles. The molecule has 1 aromatic rings. The number of hydrogen-bond acceptors (Lipinski definition) is 6. The van der Waals surface area contributed by atoms with Crippen LogP contribution in [-0.2, 0) is 18.4 Å². The molecule has 0 aromatic carbocycles. The maximum Gasteiger partial charge on any atom is 0.303 e. The van der Waals surface area contributed by atoms with Gasteiger partial charge in [-0.15, -0.1) is 11.3 Å². The second kappa shape index (κ2) is 15.8. The standard InChI is InChI=1S/C26H47NO4SSi2/c1-18(11-10-12-19(2)16-26(6,7)25(30-33-8)31-34-9)13-14-24(29-22(5)28)20(3)15-23-17-32-21(4)27-23/h13,15,17,19,24-25H,10-12,14,16,33-34H2,1-9H3. The highest BCUT2D eigenvalue weighted by Gasteiger charge is 2.31. The molecular formula is C26H47NO4SSi2. The third kappa shape index (κ3) is 12.1. The largest absolute Gasteiger partial charge is 0.458 e. The number of allylic oxidation sites excluding steroid dienone is 1. The summed E-state index contributed by atoms with van der Waals surface area (Å²) in [5, 5.41) is 3.06. The lowest BCUT2D eigenvalue weighted by Crippen LogP contribution is -2.37. The maximum atomic E-state index is 11.7. The van der Waals surface area contributed by atoms with Gasteiger partial charge in [0.1, 0.15) is 12.4 Å². The van der Waals surface area contributed by atoms with Gasteiger partial charge < -0.3 is 13.6 Å². The van der Waals surface area contributed by atoms with Crippen molar-refractivity contribution in [2.45, 2.75) is 106 Å². The van der Waals surface area contributed by atoms with E-state index in [1.807, 2.05) is 25.3 Å². The highest BCUT2D eigenvalue weighted by Crippen LogP contribution is 2.34. The van der Waals surface area contributed by atoms with Gasteiger partial charge in [0.05, 0.1) is 10.7 Å². The van der Waals surface area contributed by atoms with E-state index in [9.17, 15) is 4.79 Å². The van der Waals surface area contributed by atoms with Crippen LogP contribution in [0.5, 0.6) is 0 Å². The summed E-state index contributed by atoms with van der Waals surface area (Å²) >= 11 is 1.63. The van der Waals surface area contributed by atoms with E-state index in [4.69, 9.17) is 13.6 Å². The number of carbonyl (C=O) groups is 1. The lowest BCUT2D eigenvalue weighted by molar-refractivity contribution is -0.144. The van der Waals surface area contributed by atoms with Crippen molar-refractivity contribution in [1.82, 2.24) is 4.98 Å². The minimum absolute atomic E-state index is 0.0346. The van der Waals surface area contributed by atoms with Crippen molar-refractivity contribution in [3.05, 3.63) is 33.3 Å². The van der Waals surface area contributed by atoms with Crippen molar-refractivity contribution in [2.24, 2.45) is 11.3 Å². The molecule has 0 amide bonds. The minimum atomic E-state index is -0.485. The maximum absolute atomic E-state index is 11.7. The van der Waals surface area contributed by atoms with Crippen LogP contribution < -0.4 is 0 Å². The molecule has 8 heteroatoms. The van der Waals surface area contributed by atoms with E-state index in [1.165, 1.54) is 18.9 Å². The number of aromatic nitrogens is 1. The van der Waals surface area contributed by atoms with Crippen LogP contribution in [0.3, 0.4) is 0 Å². The molecule has 0 aliphatic rings. The van der Waals surface area contributed by atoms with Gasteiger partial charge in [0.2, 0.25) is 0 Å². The van der Waals surface area contributed by atoms with Crippen LogP contribution in [0, 0.1) is 18.3 Å². The monoisotopic (exact) mass is 525 g/mol. The Kier molecular flexibility index (Phi) is 14.4. The van der Waals surface area contributed by atoms with E-state index >= 15 is 0 Å². The highest BCUT2D eigenvalue weighted by atomic mass is 32.1. The number of thiazole rings is 1. The smallest absolute Gasteiger partial charge is 0.303 e. The molecule has 2 atom stereocenters. The molecule has 0 radical (unpaired) electrons. The van der Waals surface area contributed by atoms with Gasteiger partial charge in [0, 0.05) is 24.1 Å². The summed E-state index contributed by atoms with van der Waals surface area (Å²) in [5.74, 6) is 0.368. The Morgan fingerprint density at radius 2 is 1.85 bits per heavy atom. The number of ether oxygens (including phenoxy) is 1. The Morgan fingerprint density at radius 3 is 2.38 bits per heavy atom. The van der Waals surface area contributed by atoms with E-state index < -0.39 is 19.5 Å². The van der Waals surface area contributed by atoms with Crippen molar-refractivity contribution < 1.29 is 18.4 Å². The summed E-state index contributed by atoms with van der Waals surface area (Å²) in [5.41, 5.74) is 3.34. The Balaban J connectivity index is 2.60. The third-order valence-corrected chi connectivity index (χ3v) is 7.99. The van der Waals surface area contributed by atoms with Gasteiger partial charge >= 0.3 is 5.97 Å². The Hall–Kier alpha value is -1.07. The van der Waals surface area contributed by atoms with Crippen LogP contribution >= 0.6 is 11.3 Å². The van der Waals surface area contributed by atoms with Crippen LogP contribution in [0.25, 0.3) is 6.08 Å². The summed E-state index contributed by atoms with van der Waals surface area (Å²) in [4.78, 5) is 16.1. The van der Waals surface area contributed by atoms with Gasteiger partial charge in [0.15, 0.2) is 19.5 Å². The van der Waals surface area contributed by atoms with E-state index in [0.717, 1.165) is 35.5 Å². The Labute approximate surface area is 216 Å². The first-order valence-corrected chi connectivity index (χ1v) is 17.5. The first-order chi connectivity index (χ1) is 16.0. The van der Waals surface area contributed by atoms with Gasteiger partial charge in [0.25, 0.3) is 0 Å². The fourth-order valence-electron chi connectivity index (χ4n) is 4.34. The number of nitrogens with zero attached hydrogens (tertiary/aromatic N) is 1. The molecule has 34 heavy (non-hydrogen) atoms. The molecule has 1 heterocycles. The predicted molar refractivity (Wildman–Crippen MR) is 151 cm³/mol. The van der Waals surface area contributed by atoms with Gasteiger partial charge in [-0.25, -0.2) is 4.98 Å². The van der Waals surface area contributed by atoms with Crippen molar-refractivity contribution in [2.75, 3.05) is 0 Å². The summed E-state index contributed by atoms with van der Waals surface area (Å²) < 4.78 is 17.7. The highest BCUT2D eigenvalue weighted by molar-refractivity contribution is 7.09. The molecule has 0 saturated heterocycles. The summed E-state index contributed by atoms with van der Waals surface area (Å²) in [7, 11) is -0.970. The van der Waals surface area contributed by atoms with Crippen molar-refractivity contribution in [3.8, 4) is 0 Å². The minimum Gasteiger partial charge on any atom is -0.458 e. The molecule has 1 rings (SSSR count). The van der Waals surface area contributed by atoms with Crippen LogP contribution in [-0.4, -0.2) is 42.9 Å². The second-order valence-electron chi connectivity index (χ2n) is 10.00. The van der Waals surface area contributed by atoms with E-state index in [2.05, 4.69) is 51.8 Å². The average molecular weight is 526 g/mol. The molecule has 0 spiro atoms. The van der Waals surface area contributed by atoms with Crippen molar-refractivity contribution in [3.63, 3.8) is 0 Å². The number of hydrogen-bond donors (Lipinski definition) is 0. The third-order valence-electron chi connectivity index (χ3n) is 5.93. The number of carbonyl (C=O) groups excluding carboxylic acids is 1. The molecule has 0 aliphatic carbocycles. The Bertz CT molecular complexity index is 800. The average Bonchev–Trinajstić information content (AvgIpc) is 3.14. The van der Waals surface area contributed by atoms with Crippen LogP contribution in [0.15, 0.2) is 22.6 Å². The number of aryl methyl sites for hydroxylation is 1. The SMILES string of the molecule is C[SiH2]OC(O[SiH2]C)C(C)(C)CC(C)CCCC(C)=CCC(OC(C)=O)C(C)=Cc1csc(C)n1. The summed E-state index contributed by atoms with van der Waals surface area (Å²) in [6.45, 7) is 18.9. The summed E-state index contributed by atoms with van der Waals surface area (Å²) in [6, 6.07) is 0. The molecule has 2 unspecified atom stereocenters. The van der Waals surface area contributed by atoms with Gasteiger partial charge in [-0.1, -0.05) is 51.9 Å². The van der Waals surface area contributed by atoms with Crippen molar-refractivity contribution >= 4 is 42.9 Å². The first kappa shape index (κ1) is 31.0. The molecule has 1 aromatic heterocycles. The summed E-state index contributed by atoms with van der Waals surface area (Å²) in [6.07, 6.45) is 9.16. The molecule has 5 nitrogen and oxygen atoms in total. The molecule has 194 valence electrons. The fraction of sp³-hybridized carbons (Fsp3) is 0.692. The molecule has 0 N–H and O–H groups in total. The molecule has 0 aliphatic heterocycles. The Morgan fingerprint density at radius 1 is 1.21 bits per heavy atom. The fourth-order valence-corrected chi connectivity index (χ4v) is 6.80. The van der Waals surface area contributed by atoms with Gasteiger partial charge in [-0.05, 0) is 57.6 Å². The normalized spacial score (nSPS) is 16.5. The van der Waals surface area contributed by atoms with Crippen LogP contribution in [0.1, 0.15) is 84.3 Å².